The molecule has 1 N–H and O–H groups in total. The second-order valence-corrected chi connectivity index (χ2v) is 9.35. The number of thiazole rings is 1. The molecule has 0 radical (unpaired) electrons. The first-order valence-electron chi connectivity index (χ1n) is 10.0. The summed E-state index contributed by atoms with van der Waals surface area (Å²) in [5.41, 5.74) is 1.95. The van der Waals surface area contributed by atoms with Crippen LogP contribution in [0.4, 0.5) is 10.8 Å². The van der Waals surface area contributed by atoms with Crippen LogP contribution in [0.3, 0.4) is 0 Å². The third kappa shape index (κ3) is 5.44. The van der Waals surface area contributed by atoms with Crippen molar-refractivity contribution in [3.63, 3.8) is 0 Å². The Balaban J connectivity index is 1.51. The lowest BCUT2D eigenvalue weighted by molar-refractivity contribution is -0.130. The standard InChI is InChI=1S/C22H28N4O3S/c1-15(27)16-5-7-18(8-6-16)25-9-11-26(12-10-25)19(28)13-17-14-30-21(23-17)24-20(29)22(2,3)4/h5-8,14H,9-13H2,1-4H3,(H,23,24,29). The molecule has 1 aliphatic heterocycles. The first-order chi connectivity index (χ1) is 14.1. The number of Topliss-reactive ketones (excluding diaryl/α,β-unsaturated/α-hetero) is 1. The number of nitrogens with one attached hydrogen (secondary N) is 1. The van der Waals surface area contributed by atoms with E-state index in [4.69, 9.17) is 0 Å². The van der Waals surface area contributed by atoms with Crippen LogP contribution in [0.15, 0.2) is 29.6 Å². The molecular weight excluding hydrogens is 400 g/mol. The summed E-state index contributed by atoms with van der Waals surface area (Å²) in [5, 5.41) is 5.15. The van der Waals surface area contributed by atoms with Gasteiger partial charge in [0.25, 0.3) is 0 Å². The molecule has 2 amide bonds. The summed E-state index contributed by atoms with van der Waals surface area (Å²) in [5.74, 6) is 0.00268. The van der Waals surface area contributed by atoms with Crippen molar-refractivity contribution in [2.45, 2.75) is 34.1 Å². The second kappa shape index (κ2) is 8.95. The molecule has 1 fully saturated rings. The maximum Gasteiger partial charge on any atom is 0.231 e. The Morgan fingerprint density at radius 1 is 1.07 bits per heavy atom. The van der Waals surface area contributed by atoms with Crippen LogP contribution in [0.25, 0.3) is 0 Å². The molecule has 1 aromatic heterocycles. The number of carbonyl (C=O) groups excluding carboxylic acids is 3. The molecule has 1 aromatic carbocycles. The van der Waals surface area contributed by atoms with Gasteiger partial charge in [-0.05, 0) is 31.2 Å². The Hall–Kier alpha value is -2.74. The van der Waals surface area contributed by atoms with E-state index in [2.05, 4.69) is 15.2 Å². The van der Waals surface area contributed by atoms with E-state index in [-0.39, 0.29) is 24.0 Å². The van der Waals surface area contributed by atoms with Gasteiger partial charge in [0.2, 0.25) is 11.8 Å². The number of nitrogens with zero attached hydrogens (tertiary/aromatic N) is 3. The van der Waals surface area contributed by atoms with Gasteiger partial charge >= 0.3 is 0 Å². The minimum absolute atomic E-state index is 0.0422. The van der Waals surface area contributed by atoms with Crippen LogP contribution >= 0.6 is 11.3 Å². The number of hydrogen-bond donors (Lipinski definition) is 1. The fourth-order valence-corrected chi connectivity index (χ4v) is 3.82. The lowest BCUT2D eigenvalue weighted by Gasteiger charge is -2.36. The normalized spacial score (nSPS) is 14.5. The Morgan fingerprint density at radius 2 is 1.70 bits per heavy atom. The molecule has 1 saturated heterocycles. The molecule has 0 spiro atoms. The van der Waals surface area contributed by atoms with Gasteiger partial charge in [-0.3, -0.25) is 14.4 Å². The first-order valence-corrected chi connectivity index (χ1v) is 10.9. The van der Waals surface area contributed by atoms with Gasteiger partial charge in [-0.25, -0.2) is 4.98 Å². The van der Waals surface area contributed by atoms with E-state index < -0.39 is 5.41 Å². The number of amides is 2. The average molecular weight is 429 g/mol. The molecule has 0 aliphatic carbocycles. The number of anilines is 2. The van der Waals surface area contributed by atoms with Crippen molar-refractivity contribution >= 4 is 39.8 Å². The summed E-state index contributed by atoms with van der Waals surface area (Å²) in [6, 6.07) is 7.59. The number of aromatic nitrogens is 1. The molecule has 0 atom stereocenters. The van der Waals surface area contributed by atoms with E-state index in [1.54, 1.807) is 6.92 Å². The van der Waals surface area contributed by atoms with Gasteiger partial charge in [0, 0.05) is 48.2 Å². The number of rotatable bonds is 5. The zero-order chi connectivity index (χ0) is 21.9. The molecule has 0 unspecified atom stereocenters. The molecule has 1 aliphatic rings. The number of piperazine rings is 1. The molecule has 2 aromatic rings. The van der Waals surface area contributed by atoms with Crippen molar-refractivity contribution in [1.82, 2.24) is 9.88 Å². The van der Waals surface area contributed by atoms with Crippen LogP contribution in [0.1, 0.15) is 43.7 Å². The Bertz CT molecular complexity index is 923. The zero-order valence-electron chi connectivity index (χ0n) is 17.9. The van der Waals surface area contributed by atoms with Crippen molar-refractivity contribution in [1.29, 1.82) is 0 Å². The third-order valence-corrected chi connectivity index (χ3v) is 5.86. The van der Waals surface area contributed by atoms with E-state index in [1.807, 2.05) is 55.3 Å². The summed E-state index contributed by atoms with van der Waals surface area (Å²) < 4.78 is 0. The molecule has 8 heteroatoms. The maximum absolute atomic E-state index is 12.7. The fraction of sp³-hybridized carbons (Fsp3) is 0.455. The van der Waals surface area contributed by atoms with Gasteiger partial charge in [0.1, 0.15) is 0 Å². The molecule has 2 heterocycles. The third-order valence-electron chi connectivity index (χ3n) is 5.06. The maximum atomic E-state index is 12.7. The smallest absolute Gasteiger partial charge is 0.231 e. The molecule has 30 heavy (non-hydrogen) atoms. The van der Waals surface area contributed by atoms with Gasteiger partial charge in [0.15, 0.2) is 10.9 Å². The van der Waals surface area contributed by atoms with Gasteiger partial charge in [-0.2, -0.15) is 0 Å². The lowest BCUT2D eigenvalue weighted by atomic mass is 9.96. The molecule has 0 saturated carbocycles. The highest BCUT2D eigenvalue weighted by molar-refractivity contribution is 7.13. The molecule has 3 rings (SSSR count). The summed E-state index contributed by atoms with van der Waals surface area (Å²) in [4.78, 5) is 44.6. The molecular formula is C22H28N4O3S. The lowest BCUT2D eigenvalue weighted by Crippen LogP contribution is -2.49. The highest BCUT2D eigenvalue weighted by atomic mass is 32.1. The van der Waals surface area contributed by atoms with Crippen molar-refractivity contribution in [3.8, 4) is 0 Å². The number of hydrogen-bond acceptors (Lipinski definition) is 6. The van der Waals surface area contributed by atoms with E-state index in [0.717, 1.165) is 18.8 Å². The monoisotopic (exact) mass is 428 g/mol. The zero-order valence-corrected chi connectivity index (χ0v) is 18.7. The summed E-state index contributed by atoms with van der Waals surface area (Å²) in [6.07, 6.45) is 0.231. The van der Waals surface area contributed by atoms with E-state index >= 15 is 0 Å². The van der Waals surface area contributed by atoms with Crippen LogP contribution in [0.2, 0.25) is 0 Å². The van der Waals surface area contributed by atoms with Crippen molar-refractivity contribution in [2.24, 2.45) is 5.41 Å². The number of ketones is 1. The van der Waals surface area contributed by atoms with E-state index in [9.17, 15) is 14.4 Å². The highest BCUT2D eigenvalue weighted by Crippen LogP contribution is 2.22. The van der Waals surface area contributed by atoms with Crippen LogP contribution in [-0.4, -0.2) is 53.7 Å². The first kappa shape index (κ1) is 22.0. The number of carbonyl (C=O) groups is 3. The molecule has 0 bridgehead atoms. The van der Waals surface area contributed by atoms with Crippen LogP contribution in [-0.2, 0) is 16.0 Å². The van der Waals surface area contributed by atoms with Crippen LogP contribution in [0.5, 0.6) is 0 Å². The average Bonchev–Trinajstić information content (AvgIpc) is 3.14. The van der Waals surface area contributed by atoms with Gasteiger partial charge in [-0.15, -0.1) is 11.3 Å². The van der Waals surface area contributed by atoms with Gasteiger partial charge < -0.3 is 15.1 Å². The minimum Gasteiger partial charge on any atom is -0.368 e. The summed E-state index contributed by atoms with van der Waals surface area (Å²) >= 11 is 1.34. The Kier molecular flexibility index (Phi) is 6.55. The second-order valence-electron chi connectivity index (χ2n) is 8.50. The summed E-state index contributed by atoms with van der Waals surface area (Å²) in [7, 11) is 0. The van der Waals surface area contributed by atoms with E-state index in [0.29, 0.717) is 29.5 Å². The van der Waals surface area contributed by atoms with Crippen molar-refractivity contribution in [3.05, 3.63) is 40.9 Å². The van der Waals surface area contributed by atoms with Gasteiger partial charge in [-0.1, -0.05) is 20.8 Å². The highest BCUT2D eigenvalue weighted by Gasteiger charge is 2.24. The largest absolute Gasteiger partial charge is 0.368 e. The Labute approximate surface area is 181 Å². The Morgan fingerprint density at radius 3 is 2.27 bits per heavy atom. The van der Waals surface area contributed by atoms with E-state index in [1.165, 1.54) is 11.3 Å². The van der Waals surface area contributed by atoms with Crippen molar-refractivity contribution < 1.29 is 14.4 Å². The molecule has 160 valence electrons. The summed E-state index contributed by atoms with van der Waals surface area (Å²) in [6.45, 7) is 9.87. The fourth-order valence-electron chi connectivity index (χ4n) is 3.12. The minimum atomic E-state index is -0.492. The van der Waals surface area contributed by atoms with Gasteiger partial charge in [0.05, 0.1) is 12.1 Å². The van der Waals surface area contributed by atoms with Crippen LogP contribution < -0.4 is 10.2 Å². The predicted molar refractivity (Wildman–Crippen MR) is 119 cm³/mol. The topological polar surface area (TPSA) is 82.6 Å². The van der Waals surface area contributed by atoms with Crippen molar-refractivity contribution in [2.75, 3.05) is 36.4 Å². The SMILES string of the molecule is CC(=O)c1ccc(N2CCN(C(=O)Cc3csc(NC(=O)C(C)(C)C)n3)CC2)cc1. The quantitative estimate of drug-likeness (QED) is 0.740. The predicted octanol–water partition coefficient (Wildman–Crippen LogP) is 3.22. The number of benzene rings is 1. The molecule has 7 nitrogen and oxygen atoms in total. The van der Waals surface area contributed by atoms with Crippen LogP contribution in [0, 0.1) is 5.41 Å².